The molecule has 0 fully saturated rings. The minimum absolute atomic E-state index is 0.0263. The maximum Gasteiger partial charge on any atom is 0.472 e. The number of phosphoric ester groups is 1. The van der Waals surface area contributed by atoms with Gasteiger partial charge in [-0.05, 0) is 96.3 Å². The van der Waals surface area contributed by atoms with Gasteiger partial charge in [0.15, 0.2) is 6.10 Å². The Hall–Kier alpha value is -3.07. The number of carbonyl (C=O) groups excluding carboxylic acids is 2. The highest BCUT2D eigenvalue weighted by Crippen LogP contribution is 2.43. The van der Waals surface area contributed by atoms with Crippen LogP contribution in [0, 0.1) is 0 Å². The van der Waals surface area contributed by atoms with Crippen molar-refractivity contribution < 1.29 is 42.1 Å². The standard InChI is InChI=1S/C80H144NO8P/c1-6-8-10-12-14-16-18-20-22-24-26-28-30-32-34-36-37-38-39-40-41-42-43-45-46-48-50-52-54-56-58-60-62-64-66-68-70-72-79(82)86-76-78(77-88-90(84,85)87-75-74-81(3,4)5)89-80(83)73-71-69-67-65-63-61-59-57-55-53-51-49-47-44-35-33-31-29-27-25-23-21-19-17-15-13-11-9-7-2/h9,11,15,17,21,23-24,26-27,29,33,35,47,49,53,55,78H,6-8,10,12-14,16,18-20,22,25,28,30-32,34,36-46,48,50-52,54,56-77H2,1-5H3/p+1/b11-9-,17-15-,23-21-,26-24-,29-27-,35-33-,49-47-,55-53-. The molecule has 0 saturated heterocycles. The van der Waals surface area contributed by atoms with Crippen LogP contribution in [0.2, 0.25) is 0 Å². The molecule has 0 aromatic heterocycles. The first kappa shape index (κ1) is 86.9. The summed E-state index contributed by atoms with van der Waals surface area (Å²) in [5.41, 5.74) is 0. The van der Waals surface area contributed by atoms with Crippen LogP contribution in [0.4, 0.5) is 0 Å². The number of unbranched alkanes of at least 4 members (excludes halogenated alkanes) is 40. The Kier molecular flexibility index (Phi) is 67.9. The van der Waals surface area contributed by atoms with Crippen LogP contribution in [0.3, 0.4) is 0 Å². The van der Waals surface area contributed by atoms with Crippen molar-refractivity contribution in [3.05, 3.63) is 97.2 Å². The lowest BCUT2D eigenvalue weighted by atomic mass is 10.0. The summed E-state index contributed by atoms with van der Waals surface area (Å²) in [7, 11) is 1.47. The highest BCUT2D eigenvalue weighted by Gasteiger charge is 2.27. The largest absolute Gasteiger partial charge is 0.472 e. The molecule has 90 heavy (non-hydrogen) atoms. The second-order valence-corrected chi connectivity index (χ2v) is 28.1. The molecule has 2 unspecified atom stereocenters. The first-order valence-electron chi connectivity index (χ1n) is 38.0. The SMILES string of the molecule is CC/C=C\C/C=C\C/C=C\C/C=C\C/C=C\C/C=C\C/C=C\CCCCCCCCCC(=O)OC(COC(=O)CCCCCCCCCCCCCCCCCCCCCCCCCCC/C=C\CCCCCCCCCC)COP(=O)(O)OCC[N+](C)(C)C. The molecule has 0 rings (SSSR count). The zero-order valence-corrected chi connectivity index (χ0v) is 60.5. The molecule has 0 spiro atoms. The summed E-state index contributed by atoms with van der Waals surface area (Å²) < 4.78 is 34.8. The monoisotopic (exact) mass is 1280 g/mol. The predicted octanol–water partition coefficient (Wildman–Crippen LogP) is 25.1. The maximum absolute atomic E-state index is 12.9. The van der Waals surface area contributed by atoms with E-state index >= 15 is 0 Å². The first-order chi connectivity index (χ1) is 44.0. The van der Waals surface area contributed by atoms with Crippen molar-refractivity contribution in [2.24, 2.45) is 0 Å². The number of esters is 2. The van der Waals surface area contributed by atoms with E-state index in [1.54, 1.807) is 0 Å². The van der Waals surface area contributed by atoms with Gasteiger partial charge in [0, 0.05) is 12.8 Å². The van der Waals surface area contributed by atoms with E-state index in [9.17, 15) is 19.0 Å². The fourth-order valence-corrected chi connectivity index (χ4v) is 11.6. The minimum Gasteiger partial charge on any atom is -0.462 e. The van der Waals surface area contributed by atoms with Crippen molar-refractivity contribution >= 4 is 19.8 Å². The van der Waals surface area contributed by atoms with E-state index in [0.29, 0.717) is 17.4 Å². The summed E-state index contributed by atoms with van der Waals surface area (Å²) in [4.78, 5) is 35.9. The van der Waals surface area contributed by atoms with Gasteiger partial charge in [-0.1, -0.05) is 336 Å². The molecule has 9 nitrogen and oxygen atoms in total. The van der Waals surface area contributed by atoms with Gasteiger partial charge in [-0.2, -0.15) is 0 Å². The maximum atomic E-state index is 12.9. The molecule has 0 aliphatic rings. The van der Waals surface area contributed by atoms with Crippen molar-refractivity contribution in [2.45, 2.75) is 354 Å². The second kappa shape index (κ2) is 70.3. The summed E-state index contributed by atoms with van der Waals surface area (Å²) in [5.74, 6) is -0.801. The highest BCUT2D eigenvalue weighted by molar-refractivity contribution is 7.47. The average molecular weight is 1280 g/mol. The van der Waals surface area contributed by atoms with Gasteiger partial charge in [0.1, 0.15) is 19.8 Å². The lowest BCUT2D eigenvalue weighted by Gasteiger charge is -2.24. The van der Waals surface area contributed by atoms with Gasteiger partial charge < -0.3 is 18.9 Å². The Labute approximate surface area is 557 Å². The Balaban J connectivity index is 3.99. The molecule has 0 saturated carbocycles. The number of likely N-dealkylation sites (N-methyl/N-ethyl adjacent to an activating group) is 1. The van der Waals surface area contributed by atoms with Gasteiger partial charge in [0.25, 0.3) is 0 Å². The van der Waals surface area contributed by atoms with Crippen LogP contribution in [0.1, 0.15) is 348 Å². The third kappa shape index (κ3) is 74.0. The molecule has 0 aromatic carbocycles. The number of hydrogen-bond donors (Lipinski definition) is 1. The molecule has 1 N–H and O–H groups in total. The molecule has 0 amide bonds. The van der Waals surface area contributed by atoms with E-state index in [0.717, 1.165) is 89.9 Å². The van der Waals surface area contributed by atoms with Crippen LogP contribution < -0.4 is 0 Å². The number of rotatable bonds is 70. The average Bonchev–Trinajstić information content (AvgIpc) is 3.58. The number of phosphoric acid groups is 1. The quantitative estimate of drug-likeness (QED) is 0.0211. The highest BCUT2D eigenvalue weighted by atomic mass is 31.2. The third-order valence-corrected chi connectivity index (χ3v) is 17.6. The lowest BCUT2D eigenvalue weighted by Crippen LogP contribution is -2.37. The zero-order valence-electron chi connectivity index (χ0n) is 59.6. The Morgan fingerprint density at radius 3 is 0.956 bits per heavy atom. The molecule has 522 valence electrons. The Morgan fingerprint density at radius 1 is 0.356 bits per heavy atom. The summed E-state index contributed by atoms with van der Waals surface area (Å²) >= 11 is 0. The van der Waals surface area contributed by atoms with Crippen molar-refractivity contribution in [3.63, 3.8) is 0 Å². The topological polar surface area (TPSA) is 108 Å². The van der Waals surface area contributed by atoms with Crippen molar-refractivity contribution in [2.75, 3.05) is 47.5 Å². The number of ether oxygens (including phenoxy) is 2. The summed E-state index contributed by atoms with van der Waals surface area (Å²) in [6.07, 6.45) is 98.3. The van der Waals surface area contributed by atoms with Crippen LogP contribution in [-0.2, 0) is 32.7 Å². The Bertz CT molecular complexity index is 1840. The van der Waals surface area contributed by atoms with Crippen LogP contribution in [-0.4, -0.2) is 74.9 Å². The van der Waals surface area contributed by atoms with E-state index in [1.807, 2.05) is 21.1 Å². The fraction of sp³-hybridized carbons (Fsp3) is 0.775. The normalized spacial score (nSPS) is 13.6. The molecule has 0 aliphatic carbocycles. The number of quaternary nitrogens is 1. The van der Waals surface area contributed by atoms with Crippen LogP contribution in [0.5, 0.6) is 0 Å². The van der Waals surface area contributed by atoms with Gasteiger partial charge in [0.05, 0.1) is 27.7 Å². The molecule has 2 atom stereocenters. The fourth-order valence-electron chi connectivity index (χ4n) is 10.8. The summed E-state index contributed by atoms with van der Waals surface area (Å²) in [5, 5.41) is 0. The molecular weight excluding hydrogens is 1130 g/mol. The summed E-state index contributed by atoms with van der Waals surface area (Å²) in [6, 6.07) is 0. The van der Waals surface area contributed by atoms with Crippen LogP contribution in [0.25, 0.3) is 0 Å². The van der Waals surface area contributed by atoms with Crippen molar-refractivity contribution in [1.29, 1.82) is 0 Å². The van der Waals surface area contributed by atoms with Gasteiger partial charge in [-0.3, -0.25) is 18.6 Å². The second-order valence-electron chi connectivity index (χ2n) is 26.7. The molecular formula is C80H145NO8P+. The number of nitrogens with zero attached hydrogens (tertiary/aromatic N) is 1. The molecule has 0 radical (unpaired) electrons. The van der Waals surface area contributed by atoms with E-state index in [1.165, 1.54) is 225 Å². The molecule has 0 aromatic rings. The van der Waals surface area contributed by atoms with Gasteiger partial charge >= 0.3 is 19.8 Å². The summed E-state index contributed by atoms with van der Waals surface area (Å²) in [6.45, 7) is 4.34. The van der Waals surface area contributed by atoms with Crippen LogP contribution in [0.15, 0.2) is 97.2 Å². The zero-order chi connectivity index (χ0) is 65.5. The van der Waals surface area contributed by atoms with Gasteiger partial charge in [-0.25, -0.2) is 4.57 Å². The van der Waals surface area contributed by atoms with E-state index < -0.39 is 26.5 Å². The van der Waals surface area contributed by atoms with Crippen LogP contribution >= 0.6 is 7.82 Å². The third-order valence-electron chi connectivity index (χ3n) is 16.6. The Morgan fingerprint density at radius 2 is 0.633 bits per heavy atom. The number of carbonyl (C=O) groups is 2. The lowest BCUT2D eigenvalue weighted by molar-refractivity contribution is -0.870. The molecule has 0 bridgehead atoms. The minimum atomic E-state index is -4.40. The van der Waals surface area contributed by atoms with E-state index in [4.69, 9.17) is 18.5 Å². The van der Waals surface area contributed by atoms with Crippen molar-refractivity contribution in [3.8, 4) is 0 Å². The van der Waals surface area contributed by atoms with E-state index in [2.05, 4.69) is 111 Å². The van der Waals surface area contributed by atoms with E-state index in [-0.39, 0.29) is 32.0 Å². The first-order valence-corrected chi connectivity index (χ1v) is 39.5. The molecule has 0 aliphatic heterocycles. The smallest absolute Gasteiger partial charge is 0.462 e. The number of allylic oxidation sites excluding steroid dienone is 16. The number of hydrogen-bond acceptors (Lipinski definition) is 7. The van der Waals surface area contributed by atoms with Crippen molar-refractivity contribution in [1.82, 2.24) is 0 Å². The predicted molar refractivity (Wildman–Crippen MR) is 390 cm³/mol. The van der Waals surface area contributed by atoms with Gasteiger partial charge in [-0.15, -0.1) is 0 Å². The van der Waals surface area contributed by atoms with Gasteiger partial charge in [0.2, 0.25) is 0 Å². The molecule has 10 heteroatoms. The molecule has 0 heterocycles.